The fourth-order valence-electron chi connectivity index (χ4n) is 20.5. The summed E-state index contributed by atoms with van der Waals surface area (Å²) in [5.74, 6) is 0. The van der Waals surface area contributed by atoms with Gasteiger partial charge in [0.05, 0.1) is 0 Å². The maximum absolute atomic E-state index is 2.51. The first-order chi connectivity index (χ1) is 54.6. The molecule has 0 atom stereocenters. The van der Waals surface area contributed by atoms with Crippen LogP contribution >= 0.6 is 0 Å². The molecule has 0 heterocycles. The van der Waals surface area contributed by atoms with Crippen LogP contribution in [0.5, 0.6) is 0 Å². The normalized spacial score (nSPS) is 12.4. The van der Waals surface area contributed by atoms with Crippen molar-refractivity contribution in [3.8, 4) is 89.0 Å². The topological polar surface area (TPSA) is 0 Å². The monoisotopic (exact) mass is 1380 g/mol. The first kappa shape index (κ1) is 59.9. The lowest BCUT2D eigenvalue weighted by molar-refractivity contribution is 1.54. The van der Waals surface area contributed by atoms with Crippen LogP contribution in [0.2, 0.25) is 0 Å². The van der Waals surface area contributed by atoms with Crippen LogP contribution in [0.15, 0.2) is 376 Å². The Balaban J connectivity index is 0.685. The fourth-order valence-corrected chi connectivity index (χ4v) is 20.5. The minimum Gasteiger partial charge on any atom is -0.0610 e. The summed E-state index contributed by atoms with van der Waals surface area (Å²) in [6, 6.07) is 143. The van der Waals surface area contributed by atoms with Gasteiger partial charge in [-0.3, -0.25) is 0 Å². The quantitative estimate of drug-likeness (QED) is 0.105. The summed E-state index contributed by atoms with van der Waals surface area (Å²) in [6.07, 6.45) is 0. The largest absolute Gasteiger partial charge is 0.0610 e. The number of hydrogen-bond donors (Lipinski definition) is 0. The third-order valence-corrected chi connectivity index (χ3v) is 25.3. The number of hydrogen-bond acceptors (Lipinski definition) is 0. The molecule has 0 heteroatoms. The Morgan fingerprint density at radius 2 is 0.227 bits per heavy atom. The van der Waals surface area contributed by atoms with Gasteiger partial charge in [-0.1, -0.05) is 364 Å². The molecule has 0 aliphatic heterocycles. The van der Waals surface area contributed by atoms with Crippen LogP contribution in [-0.4, -0.2) is 0 Å². The summed E-state index contributed by atoms with van der Waals surface area (Å²) in [7, 11) is 0. The standard InChI is InChI=1S/C110H62/c1-13-71-17-5-25-87-95-57-53-75(79-29-9-33-91(107(79)95)83(21-1)103(71)87)63-37-45-67(46-38-63)99-61-101(69-49-41-65(42-50-69)77-55-59-97-89-27-7-19-73-15-3-23-85(105(73)89)93-35-11-31-81(77)109(93)97)102(70-51-43-66(44-52-70)78-56-60-98-90-28-8-20-74-16-4-24-86(106(74)90)94-36-12-32-82(78)110(94)98)62-100(99)68-47-39-64(40-48-68)76-54-58-96-88-26-6-18-72-14-2-22-84(104(72)88)92-34-10-30-80(76)108(92)96/h1-62H. The van der Waals surface area contributed by atoms with Crippen LogP contribution in [-0.2, 0) is 0 Å². The Labute approximate surface area is 633 Å². The van der Waals surface area contributed by atoms with E-state index in [0.29, 0.717) is 0 Å². The van der Waals surface area contributed by atoms with Crippen molar-refractivity contribution in [3.63, 3.8) is 0 Å². The summed E-state index contributed by atoms with van der Waals surface area (Å²) in [5.41, 5.74) is 18.9. The molecule has 0 aliphatic carbocycles. The Bertz CT molecular complexity index is 7030. The maximum Gasteiger partial charge on any atom is -0.00201 e. The second-order valence-corrected chi connectivity index (χ2v) is 30.6. The van der Waals surface area contributed by atoms with E-state index >= 15 is 0 Å². The number of benzene rings is 25. The molecule has 110 heavy (non-hydrogen) atoms. The molecule has 0 unspecified atom stereocenters. The highest BCUT2D eigenvalue weighted by Crippen LogP contribution is 2.51. The van der Waals surface area contributed by atoms with Crippen LogP contribution in [0.25, 0.3) is 261 Å². The van der Waals surface area contributed by atoms with Gasteiger partial charge in [-0.15, -0.1) is 0 Å². The van der Waals surface area contributed by atoms with Crippen molar-refractivity contribution in [2.24, 2.45) is 0 Å². The number of fused-ring (bicyclic) bond motifs is 8. The van der Waals surface area contributed by atoms with Gasteiger partial charge in [-0.05, 0) is 274 Å². The van der Waals surface area contributed by atoms with Crippen molar-refractivity contribution in [2.75, 3.05) is 0 Å². The summed E-state index contributed by atoms with van der Waals surface area (Å²) in [5, 5.41) is 41.6. The predicted molar refractivity (Wildman–Crippen MR) is 475 cm³/mol. The minimum atomic E-state index is 1.15. The zero-order chi connectivity index (χ0) is 71.6. The first-order valence-electron chi connectivity index (χ1n) is 38.5. The molecule has 0 N–H and O–H groups in total. The Morgan fingerprint density at radius 3 is 0.409 bits per heavy atom. The lowest BCUT2D eigenvalue weighted by Gasteiger charge is -2.20. The predicted octanol–water partition coefficient (Wildman–Crippen LogP) is 31.2. The Kier molecular flexibility index (Phi) is 12.3. The molecule has 0 amide bonds. The van der Waals surface area contributed by atoms with Gasteiger partial charge in [0.2, 0.25) is 0 Å². The van der Waals surface area contributed by atoms with Crippen LogP contribution < -0.4 is 0 Å². The van der Waals surface area contributed by atoms with Gasteiger partial charge in [0, 0.05) is 0 Å². The van der Waals surface area contributed by atoms with E-state index in [9.17, 15) is 0 Å². The molecule has 25 aromatic rings. The zero-order valence-electron chi connectivity index (χ0n) is 59.8. The highest BCUT2D eigenvalue weighted by molar-refractivity contribution is 6.38. The van der Waals surface area contributed by atoms with Crippen molar-refractivity contribution < 1.29 is 0 Å². The first-order valence-corrected chi connectivity index (χ1v) is 38.5. The van der Waals surface area contributed by atoms with E-state index in [-0.39, 0.29) is 0 Å². The summed E-state index contributed by atoms with van der Waals surface area (Å²) in [4.78, 5) is 0. The molecular weight excluding hydrogens is 1320 g/mol. The van der Waals surface area contributed by atoms with Crippen LogP contribution in [0.4, 0.5) is 0 Å². The smallest absolute Gasteiger partial charge is 0.00201 e. The zero-order valence-corrected chi connectivity index (χ0v) is 59.8. The summed E-state index contributed by atoms with van der Waals surface area (Å²) < 4.78 is 0. The molecule has 0 aliphatic rings. The van der Waals surface area contributed by atoms with E-state index in [4.69, 9.17) is 0 Å². The minimum absolute atomic E-state index is 1.15. The second kappa shape index (κ2) is 22.6. The van der Waals surface area contributed by atoms with E-state index in [1.54, 1.807) is 0 Å². The average molecular weight is 1380 g/mol. The summed E-state index contributed by atoms with van der Waals surface area (Å²) in [6.45, 7) is 0. The second-order valence-electron chi connectivity index (χ2n) is 30.6. The number of rotatable bonds is 8. The third kappa shape index (κ3) is 8.39. The molecule has 0 saturated carbocycles. The lowest BCUT2D eigenvalue weighted by atomic mass is 9.83. The average Bonchev–Trinajstić information content (AvgIpc) is 0.733. The SMILES string of the molecule is c1cc2cccc3c4ccc(-c5ccc(-c6cc(-c7ccc(-c8ccc9c%10cccc%11cccc(c%12cccc8c%129)c%11%10)cc7)c(-c7ccc(-c8ccc9c%10cccc%11cccc(c%12cccc8c%129)c%11%10)cc7)cc6-c6ccc(-c7ccc8c9cccc%10cccc(c%11cccc7c%118)c%109)cc6)cc5)c5cccc(c(c1)c23)c54. The summed E-state index contributed by atoms with van der Waals surface area (Å²) >= 11 is 0. The van der Waals surface area contributed by atoms with Gasteiger partial charge in [0.15, 0.2) is 0 Å². The molecule has 0 saturated heterocycles. The van der Waals surface area contributed by atoms with E-state index < -0.39 is 0 Å². The molecule has 25 aromatic carbocycles. The molecule has 502 valence electrons. The molecule has 0 nitrogen and oxygen atoms in total. The van der Waals surface area contributed by atoms with Crippen LogP contribution in [0.3, 0.4) is 0 Å². The van der Waals surface area contributed by atoms with Crippen molar-refractivity contribution >= 4 is 172 Å². The van der Waals surface area contributed by atoms with Crippen molar-refractivity contribution in [3.05, 3.63) is 376 Å². The van der Waals surface area contributed by atoms with Gasteiger partial charge in [-0.25, -0.2) is 0 Å². The highest BCUT2D eigenvalue weighted by atomic mass is 14.3. The third-order valence-electron chi connectivity index (χ3n) is 25.3. The van der Waals surface area contributed by atoms with Crippen molar-refractivity contribution in [1.82, 2.24) is 0 Å². The Hall–Kier alpha value is -14.3. The molecule has 0 aromatic heterocycles. The molecule has 0 radical (unpaired) electrons. The van der Waals surface area contributed by atoms with Gasteiger partial charge < -0.3 is 0 Å². The van der Waals surface area contributed by atoms with E-state index in [1.165, 1.54) is 239 Å². The van der Waals surface area contributed by atoms with E-state index in [1.807, 2.05) is 0 Å². The Morgan fingerprint density at radius 1 is 0.0909 bits per heavy atom. The van der Waals surface area contributed by atoms with Gasteiger partial charge in [-0.2, -0.15) is 0 Å². The lowest BCUT2D eigenvalue weighted by Crippen LogP contribution is -1.94. The van der Waals surface area contributed by atoms with E-state index in [2.05, 4.69) is 376 Å². The fraction of sp³-hybridized carbons (Fsp3) is 0. The molecular formula is C110H62. The van der Waals surface area contributed by atoms with Gasteiger partial charge in [0.1, 0.15) is 0 Å². The van der Waals surface area contributed by atoms with Crippen LogP contribution in [0.1, 0.15) is 0 Å². The van der Waals surface area contributed by atoms with Crippen LogP contribution in [0, 0.1) is 0 Å². The maximum atomic E-state index is 2.51. The van der Waals surface area contributed by atoms with Crippen molar-refractivity contribution in [1.29, 1.82) is 0 Å². The molecule has 0 spiro atoms. The van der Waals surface area contributed by atoms with Crippen molar-refractivity contribution in [2.45, 2.75) is 0 Å². The molecule has 25 rings (SSSR count). The van der Waals surface area contributed by atoms with Gasteiger partial charge >= 0.3 is 0 Å². The molecule has 0 fully saturated rings. The highest BCUT2D eigenvalue weighted by Gasteiger charge is 2.24. The van der Waals surface area contributed by atoms with E-state index in [0.717, 1.165) is 22.3 Å². The van der Waals surface area contributed by atoms with Gasteiger partial charge in [0.25, 0.3) is 0 Å². The molecule has 0 bridgehead atoms.